The van der Waals surface area contributed by atoms with Gasteiger partial charge < -0.3 is 5.32 Å². The van der Waals surface area contributed by atoms with Crippen molar-refractivity contribution < 1.29 is 0 Å². The van der Waals surface area contributed by atoms with E-state index in [0.29, 0.717) is 0 Å². The van der Waals surface area contributed by atoms with E-state index in [1.54, 1.807) is 0 Å². The second kappa shape index (κ2) is 3.05. The van der Waals surface area contributed by atoms with Gasteiger partial charge in [0, 0.05) is 18.9 Å². The third-order valence-corrected chi connectivity index (χ3v) is 2.17. The summed E-state index contributed by atoms with van der Waals surface area (Å²) in [6.45, 7) is 3.39. The Morgan fingerprint density at radius 2 is 2.64 bits per heavy atom. The van der Waals surface area contributed by atoms with Gasteiger partial charge in [-0.1, -0.05) is 0 Å². The lowest BCUT2D eigenvalue weighted by Crippen LogP contribution is -2.14. The molecule has 0 spiro atoms. The molecule has 1 fully saturated rings. The van der Waals surface area contributed by atoms with Gasteiger partial charge in [0.15, 0.2) is 0 Å². The topological polar surface area (TPSA) is 29.9 Å². The Balaban J connectivity index is 1.90. The van der Waals surface area contributed by atoms with Crippen molar-refractivity contribution in [2.24, 2.45) is 5.92 Å². The maximum Gasteiger partial charge on any atom is 0.0489 e. The van der Waals surface area contributed by atoms with Crippen molar-refractivity contribution in [2.75, 3.05) is 13.1 Å². The molecule has 1 unspecified atom stereocenters. The van der Waals surface area contributed by atoms with E-state index in [1.165, 1.54) is 13.0 Å². The summed E-state index contributed by atoms with van der Waals surface area (Å²) in [5, 5.41) is 7.51. The quantitative estimate of drug-likeness (QED) is 0.666. The molecule has 0 aromatic carbocycles. The molecule has 2 rings (SSSR count). The first-order chi connectivity index (χ1) is 5.45. The number of nitrogens with zero attached hydrogens (tertiary/aromatic N) is 2. The van der Waals surface area contributed by atoms with Gasteiger partial charge in [-0.05, 0) is 31.5 Å². The number of hydrogen-bond acceptors (Lipinski definition) is 2. The third-order valence-electron chi connectivity index (χ3n) is 2.17. The minimum absolute atomic E-state index is 0.787. The van der Waals surface area contributed by atoms with Crippen molar-refractivity contribution in [3.8, 4) is 0 Å². The number of hydrogen-bond donors (Lipinski definition) is 1. The Labute approximate surface area is 66.4 Å². The molecule has 1 saturated heterocycles. The molecular formula is C8H13N3. The standard InChI is InChI=1S/C8H13N3/c1-3-10-11(5-1)7-8-2-4-9-6-8/h1,3,5,8-9H,2,4,6-7H2. The van der Waals surface area contributed by atoms with Crippen LogP contribution in [0.15, 0.2) is 18.5 Å². The SMILES string of the molecule is c1cnn(CC2CCNC2)c1. The zero-order valence-electron chi connectivity index (χ0n) is 6.53. The molecule has 0 bridgehead atoms. The fraction of sp³-hybridized carbons (Fsp3) is 0.625. The molecule has 1 aliphatic heterocycles. The lowest BCUT2D eigenvalue weighted by Gasteiger charge is -2.06. The molecule has 1 atom stereocenters. The molecule has 1 aromatic heterocycles. The van der Waals surface area contributed by atoms with E-state index in [4.69, 9.17) is 0 Å². The van der Waals surface area contributed by atoms with E-state index in [9.17, 15) is 0 Å². The molecule has 3 heteroatoms. The highest BCUT2D eigenvalue weighted by atomic mass is 15.3. The van der Waals surface area contributed by atoms with Gasteiger partial charge >= 0.3 is 0 Å². The molecule has 1 aromatic rings. The van der Waals surface area contributed by atoms with E-state index >= 15 is 0 Å². The first kappa shape index (κ1) is 6.85. The fourth-order valence-corrected chi connectivity index (χ4v) is 1.54. The van der Waals surface area contributed by atoms with Crippen LogP contribution in [0.3, 0.4) is 0 Å². The Bertz CT molecular complexity index is 199. The number of nitrogens with one attached hydrogen (secondary N) is 1. The first-order valence-electron chi connectivity index (χ1n) is 4.13. The molecule has 1 N–H and O–H groups in total. The average Bonchev–Trinajstić information content (AvgIpc) is 2.60. The van der Waals surface area contributed by atoms with Gasteiger partial charge in [0.2, 0.25) is 0 Å². The molecule has 0 aliphatic carbocycles. The lowest BCUT2D eigenvalue weighted by atomic mass is 10.1. The van der Waals surface area contributed by atoms with Crippen LogP contribution in [0.1, 0.15) is 6.42 Å². The molecule has 1 aliphatic rings. The van der Waals surface area contributed by atoms with Crippen LogP contribution in [0.2, 0.25) is 0 Å². The highest BCUT2D eigenvalue weighted by Gasteiger charge is 2.14. The van der Waals surface area contributed by atoms with Crippen LogP contribution < -0.4 is 5.32 Å². The Morgan fingerprint density at radius 1 is 1.64 bits per heavy atom. The smallest absolute Gasteiger partial charge is 0.0489 e. The highest BCUT2D eigenvalue weighted by molar-refractivity contribution is 4.80. The number of aromatic nitrogens is 2. The molecule has 0 radical (unpaired) electrons. The number of rotatable bonds is 2. The summed E-state index contributed by atoms with van der Waals surface area (Å²) in [7, 11) is 0. The largest absolute Gasteiger partial charge is 0.316 e. The minimum atomic E-state index is 0.787. The fourth-order valence-electron chi connectivity index (χ4n) is 1.54. The Morgan fingerprint density at radius 3 is 3.27 bits per heavy atom. The molecular weight excluding hydrogens is 138 g/mol. The van der Waals surface area contributed by atoms with Crippen LogP contribution in [-0.4, -0.2) is 22.9 Å². The summed E-state index contributed by atoms with van der Waals surface area (Å²) >= 11 is 0. The summed E-state index contributed by atoms with van der Waals surface area (Å²) in [4.78, 5) is 0. The van der Waals surface area contributed by atoms with Gasteiger partial charge in [-0.2, -0.15) is 5.10 Å². The van der Waals surface area contributed by atoms with Gasteiger partial charge in [0.25, 0.3) is 0 Å². The minimum Gasteiger partial charge on any atom is -0.316 e. The second-order valence-electron chi connectivity index (χ2n) is 3.09. The van der Waals surface area contributed by atoms with Crippen molar-refractivity contribution in [3.05, 3.63) is 18.5 Å². The van der Waals surface area contributed by atoms with E-state index in [-0.39, 0.29) is 0 Å². The van der Waals surface area contributed by atoms with E-state index in [2.05, 4.69) is 10.4 Å². The van der Waals surface area contributed by atoms with Crippen LogP contribution in [-0.2, 0) is 6.54 Å². The van der Waals surface area contributed by atoms with E-state index in [1.807, 2.05) is 23.1 Å². The van der Waals surface area contributed by atoms with Crippen molar-refractivity contribution in [1.29, 1.82) is 0 Å². The summed E-state index contributed by atoms with van der Waals surface area (Å²) in [6.07, 6.45) is 5.15. The summed E-state index contributed by atoms with van der Waals surface area (Å²) in [6, 6.07) is 1.97. The maximum atomic E-state index is 4.17. The van der Waals surface area contributed by atoms with Crippen LogP contribution in [0, 0.1) is 5.92 Å². The van der Waals surface area contributed by atoms with Gasteiger partial charge in [0.1, 0.15) is 0 Å². The molecule has 11 heavy (non-hydrogen) atoms. The van der Waals surface area contributed by atoms with Crippen molar-refractivity contribution in [1.82, 2.24) is 15.1 Å². The molecule has 3 nitrogen and oxygen atoms in total. The van der Waals surface area contributed by atoms with E-state index < -0.39 is 0 Å². The molecule has 0 amide bonds. The van der Waals surface area contributed by atoms with Crippen LogP contribution in [0.5, 0.6) is 0 Å². The van der Waals surface area contributed by atoms with Crippen molar-refractivity contribution >= 4 is 0 Å². The maximum absolute atomic E-state index is 4.17. The second-order valence-corrected chi connectivity index (χ2v) is 3.09. The Kier molecular flexibility index (Phi) is 1.90. The highest BCUT2D eigenvalue weighted by Crippen LogP contribution is 2.09. The monoisotopic (exact) mass is 151 g/mol. The lowest BCUT2D eigenvalue weighted by molar-refractivity contribution is 0.449. The van der Waals surface area contributed by atoms with Gasteiger partial charge in [-0.3, -0.25) is 4.68 Å². The predicted molar refractivity (Wildman–Crippen MR) is 43.2 cm³/mol. The van der Waals surface area contributed by atoms with Gasteiger partial charge in [-0.15, -0.1) is 0 Å². The summed E-state index contributed by atoms with van der Waals surface area (Å²) in [5.41, 5.74) is 0. The third kappa shape index (κ3) is 1.60. The van der Waals surface area contributed by atoms with Gasteiger partial charge in [0.05, 0.1) is 0 Å². The summed E-state index contributed by atoms with van der Waals surface area (Å²) < 4.78 is 2.01. The molecule has 0 saturated carbocycles. The van der Waals surface area contributed by atoms with Gasteiger partial charge in [-0.25, -0.2) is 0 Å². The normalized spacial score (nSPS) is 24.2. The van der Waals surface area contributed by atoms with Crippen molar-refractivity contribution in [2.45, 2.75) is 13.0 Å². The van der Waals surface area contributed by atoms with Crippen LogP contribution >= 0.6 is 0 Å². The first-order valence-corrected chi connectivity index (χ1v) is 4.13. The van der Waals surface area contributed by atoms with E-state index in [0.717, 1.165) is 19.0 Å². The zero-order valence-corrected chi connectivity index (χ0v) is 6.53. The molecule has 60 valence electrons. The summed E-state index contributed by atoms with van der Waals surface area (Å²) in [5.74, 6) is 0.787. The molecule has 2 heterocycles. The van der Waals surface area contributed by atoms with Crippen LogP contribution in [0.4, 0.5) is 0 Å². The zero-order chi connectivity index (χ0) is 7.52. The van der Waals surface area contributed by atoms with Crippen LogP contribution in [0.25, 0.3) is 0 Å². The predicted octanol–water partition coefficient (Wildman–Crippen LogP) is 0.493. The van der Waals surface area contributed by atoms with Crippen molar-refractivity contribution in [3.63, 3.8) is 0 Å². The Hall–Kier alpha value is -0.830. The average molecular weight is 151 g/mol.